The van der Waals surface area contributed by atoms with Gasteiger partial charge in [-0.1, -0.05) is 6.42 Å². The summed E-state index contributed by atoms with van der Waals surface area (Å²) in [6.45, 7) is 1.03. The van der Waals surface area contributed by atoms with Gasteiger partial charge in [0.25, 0.3) is 0 Å². The fourth-order valence-electron chi connectivity index (χ4n) is 2.62. The molecule has 1 aromatic heterocycles. The first-order valence-corrected chi connectivity index (χ1v) is 6.84. The van der Waals surface area contributed by atoms with Crippen molar-refractivity contribution < 1.29 is 9.53 Å². The normalized spacial score (nSPS) is 16.4. The number of carbonyl (C=O) groups is 1. The second-order valence-corrected chi connectivity index (χ2v) is 5.39. The van der Waals surface area contributed by atoms with E-state index in [9.17, 15) is 4.79 Å². The van der Waals surface area contributed by atoms with Crippen LogP contribution in [-0.2, 0) is 16.1 Å². The van der Waals surface area contributed by atoms with E-state index in [0.29, 0.717) is 19.1 Å². The van der Waals surface area contributed by atoms with Crippen LogP contribution >= 0.6 is 0 Å². The topological polar surface area (TPSA) is 67.4 Å². The Morgan fingerprint density at radius 3 is 2.55 bits per heavy atom. The van der Waals surface area contributed by atoms with Crippen molar-refractivity contribution in [2.24, 2.45) is 5.41 Å². The number of hydrogen-bond acceptors (Lipinski definition) is 5. The zero-order chi connectivity index (χ0) is 14.6. The van der Waals surface area contributed by atoms with Crippen LogP contribution in [0.4, 0.5) is 5.95 Å². The van der Waals surface area contributed by atoms with E-state index >= 15 is 0 Å². The van der Waals surface area contributed by atoms with Gasteiger partial charge >= 0.3 is 0 Å². The number of amides is 1. The van der Waals surface area contributed by atoms with E-state index in [-0.39, 0.29) is 11.3 Å². The largest absolute Gasteiger partial charge is 0.384 e. The summed E-state index contributed by atoms with van der Waals surface area (Å²) < 4.78 is 5.22. The Bertz CT molecular complexity index is 457. The van der Waals surface area contributed by atoms with E-state index in [4.69, 9.17) is 4.74 Å². The van der Waals surface area contributed by atoms with Gasteiger partial charge in [-0.25, -0.2) is 9.97 Å². The zero-order valence-corrected chi connectivity index (χ0v) is 12.3. The van der Waals surface area contributed by atoms with Crippen molar-refractivity contribution in [3.05, 3.63) is 18.0 Å². The third-order valence-corrected chi connectivity index (χ3v) is 3.88. The summed E-state index contributed by atoms with van der Waals surface area (Å²) in [5, 5.41) is 2.87. The Balaban J connectivity index is 1.99. The lowest BCUT2D eigenvalue weighted by Crippen LogP contribution is -2.48. The molecule has 1 fully saturated rings. The molecule has 0 saturated heterocycles. The highest BCUT2D eigenvalue weighted by Gasteiger charge is 2.45. The van der Waals surface area contributed by atoms with Crippen molar-refractivity contribution in [2.45, 2.75) is 25.8 Å². The van der Waals surface area contributed by atoms with Crippen LogP contribution < -0.4 is 5.32 Å². The number of nitrogens with one attached hydrogen (secondary N) is 1. The van der Waals surface area contributed by atoms with Crippen LogP contribution in [0.3, 0.4) is 0 Å². The van der Waals surface area contributed by atoms with Crippen LogP contribution in [0, 0.1) is 5.41 Å². The average Bonchev–Trinajstić information content (AvgIpc) is 2.43. The molecule has 1 amide bonds. The number of aromatic nitrogens is 2. The van der Waals surface area contributed by atoms with E-state index in [1.54, 1.807) is 31.5 Å². The van der Waals surface area contributed by atoms with Crippen LogP contribution in [0.1, 0.15) is 24.8 Å². The molecule has 1 heterocycles. The van der Waals surface area contributed by atoms with Crippen LogP contribution in [0.2, 0.25) is 0 Å². The first-order valence-electron chi connectivity index (χ1n) is 6.84. The zero-order valence-electron chi connectivity index (χ0n) is 12.3. The average molecular weight is 278 g/mol. The SMILES string of the molecule is CNc1ncc(CN(C)C(=O)C2(COC)CCC2)cn1. The molecule has 110 valence electrons. The maximum absolute atomic E-state index is 12.6. The van der Waals surface area contributed by atoms with Crippen LogP contribution in [-0.4, -0.2) is 48.6 Å². The van der Waals surface area contributed by atoms with Crippen molar-refractivity contribution in [1.29, 1.82) is 0 Å². The summed E-state index contributed by atoms with van der Waals surface area (Å²) in [7, 11) is 5.25. The monoisotopic (exact) mass is 278 g/mol. The Kier molecular flexibility index (Phi) is 4.54. The molecule has 1 N–H and O–H groups in total. The smallest absolute Gasteiger partial charge is 0.231 e. The molecular weight excluding hydrogens is 256 g/mol. The molecule has 2 rings (SSSR count). The van der Waals surface area contributed by atoms with E-state index in [2.05, 4.69) is 15.3 Å². The number of carbonyl (C=O) groups excluding carboxylic acids is 1. The van der Waals surface area contributed by atoms with Gasteiger partial charge in [-0.2, -0.15) is 0 Å². The number of hydrogen-bond donors (Lipinski definition) is 1. The predicted molar refractivity (Wildman–Crippen MR) is 76.2 cm³/mol. The number of anilines is 1. The molecule has 20 heavy (non-hydrogen) atoms. The van der Waals surface area contributed by atoms with Crippen LogP contribution in [0.15, 0.2) is 12.4 Å². The van der Waals surface area contributed by atoms with Crippen molar-refractivity contribution >= 4 is 11.9 Å². The minimum Gasteiger partial charge on any atom is -0.384 e. The van der Waals surface area contributed by atoms with Gasteiger partial charge in [0.05, 0.1) is 12.0 Å². The second kappa shape index (κ2) is 6.17. The Morgan fingerprint density at radius 2 is 2.10 bits per heavy atom. The number of ether oxygens (including phenoxy) is 1. The Morgan fingerprint density at radius 1 is 1.45 bits per heavy atom. The third-order valence-electron chi connectivity index (χ3n) is 3.88. The van der Waals surface area contributed by atoms with Crippen LogP contribution in [0.5, 0.6) is 0 Å². The first-order chi connectivity index (χ1) is 9.61. The highest BCUT2D eigenvalue weighted by atomic mass is 16.5. The fourth-order valence-corrected chi connectivity index (χ4v) is 2.62. The molecule has 0 radical (unpaired) electrons. The van der Waals surface area contributed by atoms with Gasteiger partial charge in [0.2, 0.25) is 11.9 Å². The molecule has 1 aliphatic carbocycles. The molecule has 1 saturated carbocycles. The predicted octanol–water partition coefficient (Wildman–Crippen LogP) is 1.29. The third kappa shape index (κ3) is 2.90. The highest BCUT2D eigenvalue weighted by molar-refractivity contribution is 5.83. The minimum absolute atomic E-state index is 0.156. The summed E-state index contributed by atoms with van der Waals surface area (Å²) >= 11 is 0. The fraction of sp³-hybridized carbons (Fsp3) is 0.643. The molecular formula is C14H22N4O2. The van der Waals surface area contributed by atoms with Crippen molar-refractivity contribution in [3.63, 3.8) is 0 Å². The number of rotatable bonds is 6. The molecule has 1 aromatic rings. The van der Waals surface area contributed by atoms with E-state index in [1.165, 1.54) is 0 Å². The molecule has 0 aromatic carbocycles. The minimum atomic E-state index is -0.310. The van der Waals surface area contributed by atoms with E-state index < -0.39 is 0 Å². The van der Waals surface area contributed by atoms with Crippen molar-refractivity contribution in [3.8, 4) is 0 Å². The maximum Gasteiger partial charge on any atom is 0.231 e. The lowest BCUT2D eigenvalue weighted by molar-refractivity contribution is -0.151. The molecule has 0 bridgehead atoms. The number of methoxy groups -OCH3 is 1. The van der Waals surface area contributed by atoms with Crippen LogP contribution in [0.25, 0.3) is 0 Å². The van der Waals surface area contributed by atoms with Gasteiger partial charge in [-0.05, 0) is 12.8 Å². The van der Waals surface area contributed by atoms with Gasteiger partial charge < -0.3 is 15.0 Å². The lowest BCUT2D eigenvalue weighted by atomic mass is 9.68. The summed E-state index contributed by atoms with van der Waals surface area (Å²) in [4.78, 5) is 22.6. The van der Waals surface area contributed by atoms with Gasteiger partial charge in [-0.15, -0.1) is 0 Å². The summed E-state index contributed by atoms with van der Waals surface area (Å²) in [5.41, 5.74) is 0.613. The van der Waals surface area contributed by atoms with Crippen molar-refractivity contribution in [1.82, 2.24) is 14.9 Å². The summed E-state index contributed by atoms with van der Waals surface area (Å²) in [6.07, 6.45) is 6.42. The van der Waals surface area contributed by atoms with Gasteiger partial charge in [0.1, 0.15) is 0 Å². The molecule has 0 unspecified atom stereocenters. The Labute approximate surface area is 119 Å². The Hall–Kier alpha value is -1.69. The summed E-state index contributed by atoms with van der Waals surface area (Å²) in [6, 6.07) is 0. The lowest BCUT2D eigenvalue weighted by Gasteiger charge is -2.42. The maximum atomic E-state index is 12.6. The van der Waals surface area contributed by atoms with Gasteiger partial charge in [-0.3, -0.25) is 4.79 Å². The van der Waals surface area contributed by atoms with Crippen molar-refractivity contribution in [2.75, 3.05) is 33.1 Å². The molecule has 0 atom stereocenters. The van der Waals surface area contributed by atoms with Gasteiger partial charge in [0.15, 0.2) is 0 Å². The van der Waals surface area contributed by atoms with Gasteiger partial charge in [0, 0.05) is 45.7 Å². The number of nitrogens with zero attached hydrogens (tertiary/aromatic N) is 3. The second-order valence-electron chi connectivity index (χ2n) is 5.39. The standard InChI is InChI=1S/C14H22N4O2/c1-15-13-16-7-11(8-17-13)9-18(2)12(19)14(10-20-3)5-4-6-14/h7-8H,4-6,9-10H2,1-3H3,(H,15,16,17). The highest BCUT2D eigenvalue weighted by Crippen LogP contribution is 2.42. The first kappa shape index (κ1) is 14.7. The molecule has 0 aliphatic heterocycles. The molecule has 1 aliphatic rings. The quantitative estimate of drug-likeness (QED) is 0.849. The molecule has 0 spiro atoms. The molecule has 6 nitrogen and oxygen atoms in total. The van der Waals surface area contributed by atoms with E-state index in [0.717, 1.165) is 24.8 Å². The molecule has 6 heteroatoms. The van der Waals surface area contributed by atoms with E-state index in [1.807, 2.05) is 7.05 Å². The summed E-state index contributed by atoms with van der Waals surface area (Å²) in [5.74, 6) is 0.737.